The molecule has 2 bridgehead atoms. The first-order valence-corrected chi connectivity index (χ1v) is 9.36. The van der Waals surface area contributed by atoms with Gasteiger partial charge >= 0.3 is 0 Å². The first-order valence-electron chi connectivity index (χ1n) is 9.36. The van der Waals surface area contributed by atoms with E-state index in [0.717, 1.165) is 36.2 Å². The van der Waals surface area contributed by atoms with Crippen LogP contribution in [0.1, 0.15) is 30.1 Å². The SMILES string of the molecule is CN(C)c1cc(F)nc(N2[C@H]3CC[C@@H]2c2cnc(-c4ncccn4)nc2C3)c1. The van der Waals surface area contributed by atoms with Gasteiger partial charge in [0.15, 0.2) is 11.6 Å². The van der Waals surface area contributed by atoms with Crippen LogP contribution in [0.2, 0.25) is 0 Å². The molecule has 28 heavy (non-hydrogen) atoms. The number of anilines is 2. The molecule has 0 aromatic carbocycles. The number of halogens is 1. The maximum absolute atomic E-state index is 14.2. The lowest BCUT2D eigenvalue weighted by Crippen LogP contribution is -2.39. The van der Waals surface area contributed by atoms with E-state index in [-0.39, 0.29) is 12.1 Å². The van der Waals surface area contributed by atoms with E-state index in [2.05, 4.69) is 24.8 Å². The first-order chi connectivity index (χ1) is 13.6. The molecule has 0 amide bonds. The Morgan fingerprint density at radius 1 is 1.04 bits per heavy atom. The third-order valence-electron chi connectivity index (χ3n) is 5.50. The van der Waals surface area contributed by atoms with E-state index in [4.69, 9.17) is 4.98 Å². The molecule has 0 radical (unpaired) electrons. The molecule has 1 fully saturated rings. The number of aromatic nitrogens is 5. The van der Waals surface area contributed by atoms with Crippen molar-refractivity contribution < 1.29 is 4.39 Å². The van der Waals surface area contributed by atoms with Crippen LogP contribution in [-0.4, -0.2) is 45.1 Å². The zero-order chi connectivity index (χ0) is 19.3. The van der Waals surface area contributed by atoms with Gasteiger partial charge < -0.3 is 9.80 Å². The number of fused-ring (bicyclic) bond motifs is 4. The Labute approximate surface area is 162 Å². The predicted molar refractivity (Wildman–Crippen MR) is 104 cm³/mol. The lowest BCUT2D eigenvalue weighted by atomic mass is 9.99. The maximum atomic E-state index is 14.2. The van der Waals surface area contributed by atoms with Gasteiger partial charge in [-0.2, -0.15) is 4.39 Å². The predicted octanol–water partition coefficient (Wildman–Crippen LogP) is 2.80. The lowest BCUT2D eigenvalue weighted by Gasteiger charge is -2.37. The number of nitrogens with zero attached hydrogens (tertiary/aromatic N) is 7. The topological polar surface area (TPSA) is 70.9 Å². The highest BCUT2D eigenvalue weighted by atomic mass is 19.1. The highest BCUT2D eigenvalue weighted by Crippen LogP contribution is 2.45. The fraction of sp³-hybridized carbons (Fsp3) is 0.350. The summed E-state index contributed by atoms with van der Waals surface area (Å²) in [6.07, 6.45) is 8.04. The minimum absolute atomic E-state index is 0.115. The standard InChI is InChI=1S/C20H20FN7/c1-27(2)13-9-17(21)26-18(10-13)28-12-4-5-16(28)14-11-24-20(25-15(14)8-12)19-22-6-3-7-23-19/h3,6-7,9-12,16H,4-5,8H2,1-2H3/t12-,16+/m0/s1. The van der Waals surface area contributed by atoms with E-state index in [0.29, 0.717) is 17.5 Å². The Bertz CT molecular complexity index is 1020. The van der Waals surface area contributed by atoms with Gasteiger partial charge in [-0.1, -0.05) is 0 Å². The van der Waals surface area contributed by atoms with Crippen molar-refractivity contribution in [2.45, 2.75) is 31.3 Å². The molecule has 0 aliphatic carbocycles. The summed E-state index contributed by atoms with van der Waals surface area (Å²) in [5.74, 6) is 1.30. The second kappa shape index (κ2) is 6.47. The molecule has 0 spiro atoms. The third-order valence-corrected chi connectivity index (χ3v) is 5.50. The van der Waals surface area contributed by atoms with Crippen molar-refractivity contribution in [2.75, 3.05) is 23.9 Å². The average molecular weight is 377 g/mol. The van der Waals surface area contributed by atoms with Crippen LogP contribution in [0, 0.1) is 5.95 Å². The Kier molecular flexibility index (Phi) is 3.92. The van der Waals surface area contributed by atoms with Gasteiger partial charge in [-0.3, -0.25) is 0 Å². The Balaban J connectivity index is 1.53. The van der Waals surface area contributed by atoms with Crippen molar-refractivity contribution in [1.82, 2.24) is 24.9 Å². The summed E-state index contributed by atoms with van der Waals surface area (Å²) in [6.45, 7) is 0. The molecule has 3 aromatic heterocycles. The van der Waals surface area contributed by atoms with Crippen molar-refractivity contribution >= 4 is 11.5 Å². The van der Waals surface area contributed by atoms with E-state index < -0.39 is 5.95 Å². The van der Waals surface area contributed by atoms with Crippen molar-refractivity contribution in [2.24, 2.45) is 0 Å². The molecule has 2 aliphatic rings. The number of rotatable bonds is 3. The second-order valence-corrected chi connectivity index (χ2v) is 7.43. The highest BCUT2D eigenvalue weighted by Gasteiger charge is 2.42. The van der Waals surface area contributed by atoms with E-state index in [1.165, 1.54) is 6.07 Å². The molecule has 0 N–H and O–H groups in total. The fourth-order valence-electron chi connectivity index (χ4n) is 4.21. The van der Waals surface area contributed by atoms with Crippen LogP contribution in [0.15, 0.2) is 36.8 Å². The molecule has 2 atom stereocenters. The summed E-state index contributed by atoms with van der Waals surface area (Å²) >= 11 is 0. The van der Waals surface area contributed by atoms with Crippen LogP contribution in [0.4, 0.5) is 15.9 Å². The zero-order valence-electron chi connectivity index (χ0n) is 15.7. The number of hydrogen-bond acceptors (Lipinski definition) is 7. The molecule has 2 aliphatic heterocycles. The Hall–Kier alpha value is -3.16. The van der Waals surface area contributed by atoms with Gasteiger partial charge in [0.2, 0.25) is 5.95 Å². The number of pyridine rings is 1. The summed E-state index contributed by atoms with van der Waals surface area (Å²) in [5, 5.41) is 0. The lowest BCUT2D eigenvalue weighted by molar-refractivity contribution is 0.552. The van der Waals surface area contributed by atoms with E-state index >= 15 is 0 Å². The summed E-state index contributed by atoms with van der Waals surface area (Å²) in [4.78, 5) is 26.1. The van der Waals surface area contributed by atoms with Gasteiger partial charge in [0.25, 0.3) is 0 Å². The minimum Gasteiger partial charge on any atom is -0.377 e. The maximum Gasteiger partial charge on any atom is 0.216 e. The fourth-order valence-corrected chi connectivity index (χ4v) is 4.21. The molecule has 0 saturated carbocycles. The molecule has 5 rings (SSSR count). The van der Waals surface area contributed by atoms with Gasteiger partial charge in [0.1, 0.15) is 5.82 Å². The molecule has 5 heterocycles. The summed E-state index contributed by atoms with van der Waals surface area (Å²) in [7, 11) is 3.80. The average Bonchev–Trinajstić information content (AvgIpc) is 3.02. The van der Waals surface area contributed by atoms with Crippen LogP contribution in [0.5, 0.6) is 0 Å². The quantitative estimate of drug-likeness (QED) is 0.650. The minimum atomic E-state index is -0.459. The Morgan fingerprint density at radius 3 is 2.64 bits per heavy atom. The zero-order valence-corrected chi connectivity index (χ0v) is 15.7. The summed E-state index contributed by atoms with van der Waals surface area (Å²) < 4.78 is 14.2. The van der Waals surface area contributed by atoms with E-state index in [1.807, 2.05) is 31.3 Å². The van der Waals surface area contributed by atoms with E-state index in [1.54, 1.807) is 18.5 Å². The molecule has 142 valence electrons. The smallest absolute Gasteiger partial charge is 0.216 e. The number of hydrogen-bond donors (Lipinski definition) is 0. The van der Waals surface area contributed by atoms with E-state index in [9.17, 15) is 4.39 Å². The van der Waals surface area contributed by atoms with Gasteiger partial charge in [0, 0.05) is 68.5 Å². The van der Waals surface area contributed by atoms with Crippen LogP contribution >= 0.6 is 0 Å². The highest BCUT2D eigenvalue weighted by molar-refractivity contribution is 5.58. The van der Waals surface area contributed by atoms with Gasteiger partial charge in [0.05, 0.1) is 11.7 Å². The summed E-state index contributed by atoms with van der Waals surface area (Å²) in [5.41, 5.74) is 2.93. The second-order valence-electron chi connectivity index (χ2n) is 7.43. The molecule has 7 nitrogen and oxygen atoms in total. The van der Waals surface area contributed by atoms with Gasteiger partial charge in [-0.15, -0.1) is 0 Å². The van der Waals surface area contributed by atoms with Crippen LogP contribution in [0.3, 0.4) is 0 Å². The molecule has 1 saturated heterocycles. The molecular weight excluding hydrogens is 357 g/mol. The first kappa shape index (κ1) is 17.0. The van der Waals surface area contributed by atoms with Crippen molar-refractivity contribution in [3.8, 4) is 11.6 Å². The van der Waals surface area contributed by atoms with Crippen LogP contribution < -0.4 is 9.80 Å². The third kappa shape index (κ3) is 2.76. The Morgan fingerprint density at radius 2 is 1.86 bits per heavy atom. The van der Waals surface area contributed by atoms with Crippen molar-refractivity contribution in [1.29, 1.82) is 0 Å². The van der Waals surface area contributed by atoms with Crippen LogP contribution in [-0.2, 0) is 6.42 Å². The van der Waals surface area contributed by atoms with Crippen LogP contribution in [0.25, 0.3) is 11.6 Å². The van der Waals surface area contributed by atoms with Crippen molar-refractivity contribution in [3.05, 3.63) is 54.0 Å². The molecule has 0 unspecified atom stereocenters. The summed E-state index contributed by atoms with van der Waals surface area (Å²) in [6, 6.07) is 5.55. The van der Waals surface area contributed by atoms with Gasteiger partial charge in [-0.05, 0) is 18.9 Å². The normalized spacial score (nSPS) is 20.2. The molecule has 8 heteroatoms. The molecule has 3 aromatic rings. The van der Waals surface area contributed by atoms with Gasteiger partial charge in [-0.25, -0.2) is 24.9 Å². The molecular formula is C20H20FN7. The monoisotopic (exact) mass is 377 g/mol. The van der Waals surface area contributed by atoms with Crippen molar-refractivity contribution in [3.63, 3.8) is 0 Å². The largest absolute Gasteiger partial charge is 0.377 e.